The monoisotopic (exact) mass is 514 g/mol. The first-order chi connectivity index (χ1) is 17.5. The molecule has 1 heterocycles. The van der Waals surface area contributed by atoms with Crippen molar-refractivity contribution >= 4 is 23.6 Å². The molecule has 1 unspecified atom stereocenters. The van der Waals surface area contributed by atoms with E-state index in [-0.39, 0.29) is 46.8 Å². The summed E-state index contributed by atoms with van der Waals surface area (Å²) in [7, 11) is 1.37. The third kappa shape index (κ3) is 5.28. The highest BCUT2D eigenvalue weighted by Gasteiger charge is 2.43. The van der Waals surface area contributed by atoms with Crippen molar-refractivity contribution in [2.45, 2.75) is 33.0 Å². The smallest absolute Gasteiger partial charge is 0.416 e. The molecule has 2 aromatic carbocycles. The van der Waals surface area contributed by atoms with E-state index in [0.717, 1.165) is 21.9 Å². The van der Waals surface area contributed by atoms with Crippen LogP contribution in [0.15, 0.2) is 53.7 Å². The van der Waals surface area contributed by atoms with Crippen molar-refractivity contribution in [3.63, 3.8) is 0 Å². The molecule has 0 saturated carbocycles. The highest BCUT2D eigenvalue weighted by molar-refractivity contribution is 6.04. The number of esters is 1. The number of hydrogen-bond donors (Lipinski definition) is 1. The van der Waals surface area contributed by atoms with E-state index in [1.165, 1.54) is 44.3 Å². The van der Waals surface area contributed by atoms with E-state index in [1.54, 1.807) is 13.8 Å². The third-order valence-corrected chi connectivity index (χ3v) is 5.86. The average Bonchev–Trinajstić information content (AvgIpc) is 2.85. The van der Waals surface area contributed by atoms with E-state index in [2.05, 4.69) is 5.32 Å². The first kappa shape index (κ1) is 27.3. The van der Waals surface area contributed by atoms with Crippen LogP contribution < -0.4 is 10.2 Å². The Morgan fingerprint density at radius 2 is 1.86 bits per heavy atom. The average molecular weight is 515 g/mol. The van der Waals surface area contributed by atoms with Crippen molar-refractivity contribution in [2.75, 3.05) is 25.1 Å². The van der Waals surface area contributed by atoms with Crippen LogP contribution >= 0.6 is 0 Å². The summed E-state index contributed by atoms with van der Waals surface area (Å²) in [6.07, 6.45) is -4.64. The van der Waals surface area contributed by atoms with Gasteiger partial charge in [0, 0.05) is 24.9 Å². The molecule has 0 aromatic heterocycles. The SMILES string of the molecule is CCNC(=O)c1cc(C#N)ccc1C1C(C(=O)OCC)=C(C)N(c2cccc(C(F)(F)F)c2)C(=O)N1C. The molecule has 194 valence electrons. The van der Waals surface area contributed by atoms with Gasteiger partial charge in [0.05, 0.1) is 41.1 Å². The van der Waals surface area contributed by atoms with Gasteiger partial charge in [-0.1, -0.05) is 12.1 Å². The molecule has 8 nitrogen and oxygen atoms in total. The summed E-state index contributed by atoms with van der Waals surface area (Å²) in [5.74, 6) is -1.32. The van der Waals surface area contributed by atoms with Crippen molar-refractivity contribution < 1.29 is 32.3 Å². The summed E-state index contributed by atoms with van der Waals surface area (Å²) < 4.78 is 45.4. The molecule has 11 heteroatoms. The number of amides is 3. The lowest BCUT2D eigenvalue weighted by Crippen LogP contribution is -2.49. The molecule has 2 aromatic rings. The van der Waals surface area contributed by atoms with Gasteiger partial charge in [0.15, 0.2) is 0 Å². The Balaban J connectivity index is 2.29. The summed E-state index contributed by atoms with van der Waals surface area (Å²) in [6, 6.07) is 8.61. The van der Waals surface area contributed by atoms with Gasteiger partial charge < -0.3 is 15.0 Å². The largest absolute Gasteiger partial charge is 0.463 e. The van der Waals surface area contributed by atoms with E-state index in [0.29, 0.717) is 0 Å². The van der Waals surface area contributed by atoms with Gasteiger partial charge in [-0.2, -0.15) is 18.4 Å². The number of likely N-dealkylation sites (N-methyl/N-ethyl adjacent to an activating group) is 1. The number of nitriles is 1. The van der Waals surface area contributed by atoms with Crippen molar-refractivity contribution in [3.05, 3.63) is 76.0 Å². The maximum Gasteiger partial charge on any atom is 0.416 e. The summed E-state index contributed by atoms with van der Waals surface area (Å²) in [6.45, 7) is 5.02. The fourth-order valence-corrected chi connectivity index (χ4v) is 4.20. The maximum atomic E-state index is 13.6. The van der Waals surface area contributed by atoms with Gasteiger partial charge in [-0.3, -0.25) is 9.69 Å². The number of allylic oxidation sites excluding steroid dienone is 1. The first-order valence-electron chi connectivity index (χ1n) is 11.4. The molecule has 0 saturated heterocycles. The fourth-order valence-electron chi connectivity index (χ4n) is 4.20. The van der Waals surface area contributed by atoms with Crippen LogP contribution in [0, 0.1) is 11.3 Å². The molecule has 1 aliphatic heterocycles. The van der Waals surface area contributed by atoms with E-state index < -0.39 is 35.7 Å². The van der Waals surface area contributed by atoms with Gasteiger partial charge in [-0.05, 0) is 56.7 Å². The predicted molar refractivity (Wildman–Crippen MR) is 128 cm³/mol. The van der Waals surface area contributed by atoms with Crippen molar-refractivity contribution in [2.24, 2.45) is 0 Å². The molecule has 0 aliphatic carbocycles. The summed E-state index contributed by atoms with van der Waals surface area (Å²) in [5.41, 5.74) is -0.501. The minimum Gasteiger partial charge on any atom is -0.463 e. The summed E-state index contributed by atoms with van der Waals surface area (Å²) >= 11 is 0. The topological polar surface area (TPSA) is 103 Å². The fraction of sp³-hybridized carbons (Fsp3) is 0.308. The zero-order valence-electron chi connectivity index (χ0n) is 20.6. The number of anilines is 1. The van der Waals surface area contributed by atoms with Gasteiger partial charge in [0.1, 0.15) is 0 Å². The van der Waals surface area contributed by atoms with Crippen molar-refractivity contribution in [1.29, 1.82) is 5.26 Å². The van der Waals surface area contributed by atoms with E-state index in [4.69, 9.17) is 4.74 Å². The Morgan fingerprint density at radius 3 is 2.46 bits per heavy atom. The normalized spacial score (nSPS) is 15.9. The van der Waals surface area contributed by atoms with Crippen LogP contribution in [-0.4, -0.2) is 43.0 Å². The molecule has 0 fully saturated rings. The lowest BCUT2D eigenvalue weighted by Gasteiger charge is -2.41. The highest BCUT2D eigenvalue weighted by atomic mass is 19.4. The van der Waals surface area contributed by atoms with E-state index >= 15 is 0 Å². The van der Waals surface area contributed by atoms with Gasteiger partial charge >= 0.3 is 18.2 Å². The maximum absolute atomic E-state index is 13.6. The molecule has 3 amide bonds. The Hall–Kier alpha value is -4.33. The lowest BCUT2D eigenvalue weighted by molar-refractivity contribution is -0.139. The zero-order chi connectivity index (χ0) is 27.5. The second kappa shape index (κ2) is 10.7. The zero-order valence-corrected chi connectivity index (χ0v) is 20.6. The number of ether oxygens (including phenoxy) is 1. The Bertz CT molecular complexity index is 1310. The number of rotatable bonds is 6. The molecule has 0 radical (unpaired) electrons. The molecule has 1 atom stereocenters. The first-order valence-corrected chi connectivity index (χ1v) is 11.4. The van der Waals surface area contributed by atoms with Crippen LogP contribution in [-0.2, 0) is 15.7 Å². The second-order valence-corrected chi connectivity index (χ2v) is 8.17. The number of benzene rings is 2. The molecular weight excluding hydrogens is 489 g/mol. The number of alkyl halides is 3. The Morgan fingerprint density at radius 1 is 1.16 bits per heavy atom. The van der Waals surface area contributed by atoms with Gasteiger partial charge in [-0.25, -0.2) is 9.59 Å². The minimum absolute atomic E-state index is 0.000100. The number of hydrogen-bond acceptors (Lipinski definition) is 5. The van der Waals surface area contributed by atoms with Crippen LogP contribution in [0.4, 0.5) is 23.7 Å². The Labute approximate surface area is 211 Å². The number of nitrogens with zero attached hydrogens (tertiary/aromatic N) is 3. The molecule has 1 aliphatic rings. The number of halogens is 3. The highest BCUT2D eigenvalue weighted by Crippen LogP contribution is 2.41. The van der Waals surface area contributed by atoms with Crippen molar-refractivity contribution in [1.82, 2.24) is 10.2 Å². The summed E-state index contributed by atoms with van der Waals surface area (Å²) in [5, 5.41) is 12.0. The number of carbonyl (C=O) groups excluding carboxylic acids is 3. The van der Waals surface area contributed by atoms with E-state index in [1.807, 2.05) is 6.07 Å². The van der Waals surface area contributed by atoms with Gasteiger partial charge in [0.2, 0.25) is 0 Å². The Kier molecular flexibility index (Phi) is 7.91. The number of carbonyl (C=O) groups is 3. The van der Waals surface area contributed by atoms with Crippen LogP contribution in [0.1, 0.15) is 53.9 Å². The van der Waals surface area contributed by atoms with Gasteiger partial charge in [-0.15, -0.1) is 0 Å². The molecule has 37 heavy (non-hydrogen) atoms. The quantitative estimate of drug-likeness (QED) is 0.559. The van der Waals surface area contributed by atoms with E-state index in [9.17, 15) is 32.8 Å². The third-order valence-electron chi connectivity index (χ3n) is 5.86. The molecule has 0 bridgehead atoms. The second-order valence-electron chi connectivity index (χ2n) is 8.17. The predicted octanol–water partition coefficient (Wildman–Crippen LogP) is 4.78. The van der Waals surface area contributed by atoms with Crippen LogP contribution in [0.2, 0.25) is 0 Å². The molecule has 1 N–H and O–H groups in total. The van der Waals surface area contributed by atoms with Crippen LogP contribution in [0.3, 0.4) is 0 Å². The summed E-state index contributed by atoms with van der Waals surface area (Å²) in [4.78, 5) is 41.8. The van der Waals surface area contributed by atoms with Gasteiger partial charge in [0.25, 0.3) is 5.91 Å². The number of nitrogens with one attached hydrogen (secondary N) is 1. The molecular formula is C26H25F3N4O4. The number of urea groups is 1. The van der Waals surface area contributed by atoms with Crippen molar-refractivity contribution in [3.8, 4) is 6.07 Å². The standard InChI is InChI=1S/C26H25F3N4O4/c1-5-31-23(34)20-12-16(14-30)10-11-19(20)22-21(24(35)37-6-2)15(3)33(25(36)32(22)4)18-9-7-8-17(13-18)26(27,28)29/h7-13,22H,5-6H2,1-4H3,(H,31,34). The minimum atomic E-state index is -4.64. The van der Waals surface area contributed by atoms with Crippen LogP contribution in [0.25, 0.3) is 0 Å². The molecule has 3 rings (SSSR count). The lowest BCUT2D eigenvalue weighted by atomic mass is 9.89. The molecule has 0 spiro atoms. The van der Waals surface area contributed by atoms with Crippen LogP contribution in [0.5, 0.6) is 0 Å².